The Morgan fingerprint density at radius 1 is 1.45 bits per heavy atom. The van der Waals surface area contributed by atoms with E-state index in [1.165, 1.54) is 16.9 Å². The van der Waals surface area contributed by atoms with Gasteiger partial charge in [-0.3, -0.25) is 4.79 Å². The maximum atomic E-state index is 12.1. The number of hydrogen-bond donors (Lipinski definition) is 1. The maximum absolute atomic E-state index is 12.1. The van der Waals surface area contributed by atoms with E-state index in [-0.39, 0.29) is 5.91 Å². The normalized spacial score (nSPS) is 10.9. The van der Waals surface area contributed by atoms with Gasteiger partial charge in [-0.2, -0.15) is 0 Å². The van der Waals surface area contributed by atoms with E-state index < -0.39 is 0 Å². The van der Waals surface area contributed by atoms with Crippen molar-refractivity contribution in [3.05, 3.63) is 33.7 Å². The van der Waals surface area contributed by atoms with Crippen molar-refractivity contribution in [1.29, 1.82) is 0 Å². The van der Waals surface area contributed by atoms with Crippen molar-refractivity contribution < 1.29 is 9.53 Å². The summed E-state index contributed by atoms with van der Waals surface area (Å²) in [6.45, 7) is 5.95. The van der Waals surface area contributed by atoms with Gasteiger partial charge in [-0.25, -0.2) is 0 Å². The lowest BCUT2D eigenvalue weighted by atomic mass is 10.2. The quantitative estimate of drug-likeness (QED) is 0.818. The van der Waals surface area contributed by atoms with Gasteiger partial charge < -0.3 is 10.1 Å². The summed E-state index contributed by atoms with van der Waals surface area (Å²) in [6.07, 6.45) is 0.807. The molecule has 5 heteroatoms. The molecule has 1 N–H and O–H groups in total. The van der Waals surface area contributed by atoms with Crippen LogP contribution in [0.1, 0.15) is 28.6 Å². The zero-order valence-corrected chi connectivity index (χ0v) is 13.2. The second-order valence-corrected chi connectivity index (χ2v) is 5.98. The predicted octanol–water partition coefficient (Wildman–Crippen LogP) is 4.02. The molecule has 0 unspecified atom stereocenters. The lowest BCUT2D eigenvalue weighted by Gasteiger charge is -2.04. The van der Waals surface area contributed by atoms with Gasteiger partial charge in [-0.05, 0) is 31.9 Å². The molecule has 1 heterocycles. The van der Waals surface area contributed by atoms with Gasteiger partial charge in [-0.1, -0.05) is 23.7 Å². The number of carbonyl (C=O) groups is 1. The van der Waals surface area contributed by atoms with Gasteiger partial charge in [0.15, 0.2) is 0 Å². The largest absolute Gasteiger partial charge is 0.382 e. The topological polar surface area (TPSA) is 38.3 Å². The molecule has 0 aliphatic carbocycles. The molecule has 0 spiro atoms. The van der Waals surface area contributed by atoms with Gasteiger partial charge in [-0.15, -0.1) is 11.3 Å². The molecule has 0 radical (unpaired) electrons. The highest BCUT2D eigenvalue weighted by Crippen LogP contribution is 2.35. The molecule has 0 bridgehead atoms. The molecule has 3 nitrogen and oxygen atoms in total. The summed E-state index contributed by atoms with van der Waals surface area (Å²) < 4.78 is 6.28. The fourth-order valence-electron chi connectivity index (χ4n) is 1.92. The average molecular weight is 312 g/mol. The SMILES string of the molecule is CCOCCCNC(=O)c1sc2cc(C)ccc2c1Cl. The van der Waals surface area contributed by atoms with Crippen LogP contribution in [0.4, 0.5) is 0 Å². The summed E-state index contributed by atoms with van der Waals surface area (Å²) >= 11 is 7.73. The van der Waals surface area contributed by atoms with Crippen molar-refractivity contribution in [2.24, 2.45) is 0 Å². The zero-order chi connectivity index (χ0) is 14.5. The highest BCUT2D eigenvalue weighted by atomic mass is 35.5. The summed E-state index contributed by atoms with van der Waals surface area (Å²) in [7, 11) is 0. The van der Waals surface area contributed by atoms with E-state index in [1.807, 2.05) is 26.0 Å². The standard InChI is InChI=1S/C15H18ClNO2S/c1-3-19-8-4-7-17-15(18)14-13(16)11-6-5-10(2)9-12(11)20-14/h5-6,9H,3-4,7-8H2,1-2H3,(H,17,18). The molecule has 0 atom stereocenters. The van der Waals surface area contributed by atoms with Gasteiger partial charge >= 0.3 is 0 Å². The van der Waals surface area contributed by atoms with E-state index in [1.54, 1.807) is 0 Å². The van der Waals surface area contributed by atoms with E-state index in [9.17, 15) is 4.79 Å². The van der Waals surface area contributed by atoms with Crippen LogP contribution >= 0.6 is 22.9 Å². The smallest absolute Gasteiger partial charge is 0.262 e. The Bertz CT molecular complexity index is 609. The van der Waals surface area contributed by atoms with Gasteiger partial charge in [0.2, 0.25) is 0 Å². The first-order valence-corrected chi connectivity index (χ1v) is 7.87. The number of carbonyl (C=O) groups excluding carboxylic acids is 1. The summed E-state index contributed by atoms with van der Waals surface area (Å²) in [5, 5.41) is 4.38. The molecule has 1 amide bonds. The Morgan fingerprint density at radius 2 is 2.25 bits per heavy atom. The Morgan fingerprint density at radius 3 is 3.00 bits per heavy atom. The first-order chi connectivity index (χ1) is 9.63. The number of nitrogens with one attached hydrogen (secondary N) is 1. The Hall–Kier alpha value is -1.10. The highest BCUT2D eigenvalue weighted by Gasteiger charge is 2.16. The van der Waals surface area contributed by atoms with Crippen LogP contribution in [-0.2, 0) is 4.74 Å². The molecule has 1 aromatic carbocycles. The number of amides is 1. The number of thiophene rings is 1. The first kappa shape index (κ1) is 15.3. The fourth-order valence-corrected chi connectivity index (χ4v) is 3.45. The van der Waals surface area contributed by atoms with Crippen LogP contribution in [-0.4, -0.2) is 25.7 Å². The zero-order valence-electron chi connectivity index (χ0n) is 11.7. The van der Waals surface area contributed by atoms with Crippen molar-refractivity contribution in [1.82, 2.24) is 5.32 Å². The molecule has 0 aliphatic heterocycles. The van der Waals surface area contributed by atoms with E-state index in [4.69, 9.17) is 16.3 Å². The number of ether oxygens (including phenoxy) is 1. The molecule has 1 aromatic heterocycles. The van der Waals surface area contributed by atoms with E-state index in [0.29, 0.717) is 29.7 Å². The third kappa shape index (κ3) is 3.51. The average Bonchev–Trinajstić information content (AvgIpc) is 2.75. The van der Waals surface area contributed by atoms with E-state index in [0.717, 1.165) is 16.5 Å². The monoisotopic (exact) mass is 311 g/mol. The van der Waals surface area contributed by atoms with Crippen molar-refractivity contribution in [2.45, 2.75) is 20.3 Å². The molecule has 2 aromatic rings. The van der Waals surface area contributed by atoms with Crippen LogP contribution in [0, 0.1) is 6.92 Å². The molecule has 0 saturated carbocycles. The van der Waals surface area contributed by atoms with Crippen LogP contribution in [0.3, 0.4) is 0 Å². The summed E-state index contributed by atoms with van der Waals surface area (Å²) in [6, 6.07) is 6.03. The van der Waals surface area contributed by atoms with Crippen molar-refractivity contribution >= 4 is 38.9 Å². The second kappa shape index (κ2) is 7.07. The minimum atomic E-state index is -0.106. The Balaban J connectivity index is 2.04. The lowest BCUT2D eigenvalue weighted by Crippen LogP contribution is -2.24. The summed E-state index contributed by atoms with van der Waals surface area (Å²) in [5.74, 6) is -0.106. The van der Waals surface area contributed by atoms with Gasteiger partial charge in [0.1, 0.15) is 4.88 Å². The molecule has 0 aliphatic rings. The maximum Gasteiger partial charge on any atom is 0.262 e. The van der Waals surface area contributed by atoms with Crippen molar-refractivity contribution in [3.63, 3.8) is 0 Å². The number of hydrogen-bond acceptors (Lipinski definition) is 3. The predicted molar refractivity (Wildman–Crippen MR) is 85.0 cm³/mol. The van der Waals surface area contributed by atoms with Crippen LogP contribution in [0.2, 0.25) is 5.02 Å². The molecule has 108 valence electrons. The Labute approximate surface area is 127 Å². The minimum Gasteiger partial charge on any atom is -0.382 e. The van der Waals surface area contributed by atoms with Crippen molar-refractivity contribution in [2.75, 3.05) is 19.8 Å². The van der Waals surface area contributed by atoms with Gasteiger partial charge in [0.05, 0.1) is 5.02 Å². The molecular weight excluding hydrogens is 294 g/mol. The fraction of sp³-hybridized carbons (Fsp3) is 0.400. The number of benzene rings is 1. The van der Waals surface area contributed by atoms with Gasteiger partial charge in [0.25, 0.3) is 5.91 Å². The molecule has 0 saturated heterocycles. The van der Waals surface area contributed by atoms with Crippen molar-refractivity contribution in [3.8, 4) is 0 Å². The number of halogens is 1. The van der Waals surface area contributed by atoms with Crippen LogP contribution in [0.15, 0.2) is 18.2 Å². The Kier molecular flexibility index (Phi) is 5.40. The lowest BCUT2D eigenvalue weighted by molar-refractivity contribution is 0.0948. The van der Waals surface area contributed by atoms with Crippen LogP contribution in [0.25, 0.3) is 10.1 Å². The van der Waals surface area contributed by atoms with Crippen LogP contribution < -0.4 is 5.32 Å². The first-order valence-electron chi connectivity index (χ1n) is 6.68. The third-order valence-corrected chi connectivity index (χ3v) is 4.60. The third-order valence-electron chi connectivity index (χ3n) is 2.95. The van der Waals surface area contributed by atoms with E-state index in [2.05, 4.69) is 11.4 Å². The van der Waals surface area contributed by atoms with E-state index >= 15 is 0 Å². The molecule has 20 heavy (non-hydrogen) atoms. The summed E-state index contributed by atoms with van der Waals surface area (Å²) in [4.78, 5) is 12.7. The van der Waals surface area contributed by atoms with Gasteiger partial charge in [0, 0.05) is 29.8 Å². The molecule has 2 rings (SSSR count). The number of rotatable bonds is 6. The molecular formula is C15H18ClNO2S. The number of aryl methyl sites for hydroxylation is 1. The second-order valence-electron chi connectivity index (χ2n) is 4.55. The number of fused-ring (bicyclic) bond motifs is 1. The van der Waals surface area contributed by atoms with Crippen LogP contribution in [0.5, 0.6) is 0 Å². The molecule has 0 fully saturated rings. The minimum absolute atomic E-state index is 0.106. The highest BCUT2D eigenvalue weighted by molar-refractivity contribution is 7.21. The summed E-state index contributed by atoms with van der Waals surface area (Å²) in [5.41, 5.74) is 1.17.